The van der Waals surface area contributed by atoms with E-state index in [0.717, 1.165) is 16.9 Å². The average Bonchev–Trinajstić information content (AvgIpc) is 3.31. The number of benzene rings is 2. The van der Waals surface area contributed by atoms with Crippen molar-refractivity contribution in [3.63, 3.8) is 0 Å². The summed E-state index contributed by atoms with van der Waals surface area (Å²) in [5.41, 5.74) is 3.52. The Morgan fingerprint density at radius 3 is 2.52 bits per heavy atom. The third-order valence-electron chi connectivity index (χ3n) is 4.78. The maximum Gasteiger partial charge on any atom is 0.339 e. The van der Waals surface area contributed by atoms with Crippen LogP contribution in [0.4, 0.5) is 11.4 Å². The Morgan fingerprint density at radius 2 is 1.90 bits per heavy atom. The topological polar surface area (TPSA) is 51.9 Å². The van der Waals surface area contributed by atoms with E-state index in [4.69, 9.17) is 13.9 Å². The Kier molecular flexibility index (Phi) is 7.33. The summed E-state index contributed by atoms with van der Waals surface area (Å²) in [6.07, 6.45) is 5.07. The third kappa shape index (κ3) is 4.72. The molecular formula is C26H27NO4. The van der Waals surface area contributed by atoms with Crippen LogP contribution in [0.15, 0.2) is 84.5 Å². The second kappa shape index (κ2) is 10.3. The molecule has 0 N–H and O–H groups in total. The van der Waals surface area contributed by atoms with Crippen LogP contribution in [0.3, 0.4) is 0 Å². The van der Waals surface area contributed by atoms with Gasteiger partial charge in [0.25, 0.3) is 0 Å². The van der Waals surface area contributed by atoms with Crippen molar-refractivity contribution in [2.24, 2.45) is 0 Å². The van der Waals surface area contributed by atoms with Crippen molar-refractivity contribution in [3.8, 4) is 17.1 Å². The molecule has 160 valence electrons. The number of ether oxygens (including phenoxy) is 2. The van der Waals surface area contributed by atoms with Gasteiger partial charge in [-0.25, -0.2) is 4.79 Å². The van der Waals surface area contributed by atoms with Crippen LogP contribution in [0.2, 0.25) is 0 Å². The van der Waals surface area contributed by atoms with Crippen LogP contribution in [0.25, 0.3) is 11.3 Å². The smallest absolute Gasteiger partial charge is 0.339 e. The number of hydrogen-bond donors (Lipinski definition) is 0. The van der Waals surface area contributed by atoms with Gasteiger partial charge in [-0.15, -0.1) is 6.58 Å². The van der Waals surface area contributed by atoms with Gasteiger partial charge in [0.05, 0.1) is 24.1 Å². The first-order valence-corrected chi connectivity index (χ1v) is 10.2. The SMILES string of the molecule is C=CCOc1cc(-c2ccco2)c(C(=O)OCC)c(C)c1N(CC=C)c1ccccc1. The maximum absolute atomic E-state index is 13.0. The Balaban J connectivity index is 2.32. The third-order valence-corrected chi connectivity index (χ3v) is 4.78. The first-order valence-electron chi connectivity index (χ1n) is 10.2. The van der Waals surface area contributed by atoms with E-state index in [0.29, 0.717) is 35.8 Å². The molecule has 0 amide bonds. The predicted molar refractivity (Wildman–Crippen MR) is 124 cm³/mol. The standard InChI is InChI=1S/C26H27NO4/c1-5-15-27(20-12-9-8-10-13-20)25-19(4)24(26(28)29-7-3)21(22-14-11-17-31-22)18-23(25)30-16-6-2/h5-6,8-14,17-18H,1-2,7,15-16H2,3-4H3. The van der Waals surface area contributed by atoms with Crippen LogP contribution >= 0.6 is 0 Å². The van der Waals surface area contributed by atoms with Crippen molar-refractivity contribution < 1.29 is 18.7 Å². The van der Waals surface area contributed by atoms with E-state index in [9.17, 15) is 4.79 Å². The molecule has 3 rings (SSSR count). The molecule has 1 aromatic heterocycles. The molecule has 1 heterocycles. The number of hydrogen-bond acceptors (Lipinski definition) is 5. The van der Waals surface area contributed by atoms with E-state index in [-0.39, 0.29) is 6.61 Å². The van der Waals surface area contributed by atoms with E-state index in [1.54, 1.807) is 25.3 Å². The lowest BCUT2D eigenvalue weighted by molar-refractivity contribution is 0.0526. The van der Waals surface area contributed by atoms with Crippen molar-refractivity contribution in [1.29, 1.82) is 0 Å². The minimum absolute atomic E-state index is 0.273. The minimum Gasteiger partial charge on any atom is -0.487 e. The normalized spacial score (nSPS) is 10.4. The Labute approximate surface area is 183 Å². The molecule has 5 heteroatoms. The van der Waals surface area contributed by atoms with E-state index in [1.807, 2.05) is 55.5 Å². The lowest BCUT2D eigenvalue weighted by atomic mass is 9.96. The zero-order valence-electron chi connectivity index (χ0n) is 18.0. The molecule has 0 saturated heterocycles. The van der Waals surface area contributed by atoms with Crippen LogP contribution in [0.5, 0.6) is 5.75 Å². The largest absolute Gasteiger partial charge is 0.487 e. The highest BCUT2D eigenvalue weighted by molar-refractivity contribution is 6.01. The number of para-hydroxylation sites is 1. The summed E-state index contributed by atoms with van der Waals surface area (Å²) in [5.74, 6) is 0.772. The Morgan fingerprint density at radius 1 is 1.13 bits per heavy atom. The van der Waals surface area contributed by atoms with E-state index in [2.05, 4.69) is 18.1 Å². The molecule has 0 radical (unpaired) electrons. The summed E-state index contributed by atoms with van der Waals surface area (Å²) < 4.78 is 17.1. The highest BCUT2D eigenvalue weighted by Crippen LogP contribution is 2.43. The molecular weight excluding hydrogens is 390 g/mol. The molecule has 0 aliphatic rings. The van der Waals surface area contributed by atoms with Gasteiger partial charge >= 0.3 is 5.97 Å². The molecule has 0 aliphatic carbocycles. The van der Waals surface area contributed by atoms with E-state index >= 15 is 0 Å². The van der Waals surface area contributed by atoms with Gasteiger partial charge in [0.15, 0.2) is 0 Å². The first kappa shape index (κ1) is 22.0. The number of carbonyl (C=O) groups excluding carboxylic acids is 1. The van der Waals surface area contributed by atoms with Crippen LogP contribution in [0, 0.1) is 6.92 Å². The van der Waals surface area contributed by atoms with Crippen LogP contribution in [-0.4, -0.2) is 25.7 Å². The van der Waals surface area contributed by atoms with Gasteiger partial charge in [-0.05, 0) is 49.7 Å². The highest BCUT2D eigenvalue weighted by atomic mass is 16.5. The quantitative estimate of drug-likeness (QED) is 0.285. The molecule has 31 heavy (non-hydrogen) atoms. The fourth-order valence-corrected chi connectivity index (χ4v) is 3.53. The Hall–Kier alpha value is -3.73. The summed E-state index contributed by atoms with van der Waals surface area (Å²) >= 11 is 0. The number of nitrogens with zero attached hydrogens (tertiary/aromatic N) is 1. The maximum atomic E-state index is 13.0. The number of rotatable bonds is 10. The van der Waals surface area contributed by atoms with Gasteiger partial charge in [0, 0.05) is 17.8 Å². The molecule has 0 fully saturated rings. The number of anilines is 2. The van der Waals surface area contributed by atoms with Crippen LogP contribution in [-0.2, 0) is 4.74 Å². The summed E-state index contributed by atoms with van der Waals surface area (Å²) in [7, 11) is 0. The van der Waals surface area contributed by atoms with Gasteiger partial charge in [-0.2, -0.15) is 0 Å². The highest BCUT2D eigenvalue weighted by Gasteiger charge is 2.27. The molecule has 0 spiro atoms. The molecule has 0 aliphatic heterocycles. The van der Waals surface area contributed by atoms with Crippen molar-refractivity contribution >= 4 is 17.3 Å². The molecule has 0 bridgehead atoms. The predicted octanol–water partition coefficient (Wildman–Crippen LogP) is 6.32. The lowest BCUT2D eigenvalue weighted by Crippen LogP contribution is -2.21. The van der Waals surface area contributed by atoms with Crippen molar-refractivity contribution in [2.75, 3.05) is 24.7 Å². The Bertz CT molecular complexity index is 1040. The zero-order valence-corrected chi connectivity index (χ0v) is 18.0. The summed E-state index contributed by atoms with van der Waals surface area (Å²) in [4.78, 5) is 15.1. The second-order valence-corrected chi connectivity index (χ2v) is 6.80. The van der Waals surface area contributed by atoms with Crippen LogP contribution < -0.4 is 9.64 Å². The van der Waals surface area contributed by atoms with Crippen LogP contribution in [0.1, 0.15) is 22.8 Å². The zero-order chi connectivity index (χ0) is 22.2. The molecule has 0 saturated carbocycles. The van der Waals surface area contributed by atoms with Crippen molar-refractivity contribution in [2.45, 2.75) is 13.8 Å². The van der Waals surface area contributed by atoms with Gasteiger partial charge in [0.2, 0.25) is 0 Å². The molecule has 0 unspecified atom stereocenters. The fourth-order valence-electron chi connectivity index (χ4n) is 3.53. The fraction of sp³-hybridized carbons (Fsp3) is 0.192. The first-order chi connectivity index (χ1) is 15.1. The van der Waals surface area contributed by atoms with Gasteiger partial charge in [0.1, 0.15) is 18.1 Å². The van der Waals surface area contributed by atoms with Gasteiger partial charge in [-0.1, -0.05) is 36.9 Å². The van der Waals surface area contributed by atoms with E-state index < -0.39 is 5.97 Å². The molecule has 0 atom stereocenters. The summed E-state index contributed by atoms with van der Waals surface area (Å²) in [6.45, 7) is 12.5. The number of furan rings is 1. The summed E-state index contributed by atoms with van der Waals surface area (Å²) in [5, 5.41) is 0. The number of carbonyl (C=O) groups is 1. The number of esters is 1. The molecule has 3 aromatic rings. The molecule has 2 aromatic carbocycles. The van der Waals surface area contributed by atoms with Crippen molar-refractivity contribution in [3.05, 3.63) is 91.2 Å². The van der Waals surface area contributed by atoms with Gasteiger partial charge in [-0.3, -0.25) is 0 Å². The van der Waals surface area contributed by atoms with E-state index in [1.165, 1.54) is 0 Å². The minimum atomic E-state index is -0.408. The summed E-state index contributed by atoms with van der Waals surface area (Å²) in [6, 6.07) is 15.3. The molecule has 5 nitrogen and oxygen atoms in total. The second-order valence-electron chi connectivity index (χ2n) is 6.80. The van der Waals surface area contributed by atoms with Crippen molar-refractivity contribution in [1.82, 2.24) is 0 Å². The lowest BCUT2D eigenvalue weighted by Gasteiger charge is -2.29. The van der Waals surface area contributed by atoms with Gasteiger partial charge < -0.3 is 18.8 Å². The average molecular weight is 418 g/mol. The monoisotopic (exact) mass is 417 g/mol.